The van der Waals surface area contributed by atoms with E-state index >= 15 is 0 Å². The third-order valence-corrected chi connectivity index (χ3v) is 2.45. The summed E-state index contributed by atoms with van der Waals surface area (Å²) in [5, 5.41) is 6.91. The Hall–Kier alpha value is -2.22. The summed E-state index contributed by atoms with van der Waals surface area (Å²) in [6.07, 6.45) is 1.38. The summed E-state index contributed by atoms with van der Waals surface area (Å²) in [5.74, 6) is 8.64. The summed E-state index contributed by atoms with van der Waals surface area (Å²) in [4.78, 5) is 12.7. The first kappa shape index (κ1) is 13.2. The lowest BCUT2D eigenvalue weighted by Crippen LogP contribution is -2.13. The topological polar surface area (TPSA) is 115 Å². The molecule has 102 valence electrons. The lowest BCUT2D eigenvalue weighted by atomic mass is 10.4. The Balaban J connectivity index is 1.95. The second-order valence-electron chi connectivity index (χ2n) is 3.96. The molecule has 0 saturated carbocycles. The van der Waals surface area contributed by atoms with E-state index in [1.54, 1.807) is 13.0 Å². The third kappa shape index (κ3) is 3.62. The highest BCUT2D eigenvalue weighted by Gasteiger charge is 2.04. The number of anilines is 2. The molecule has 0 fully saturated rings. The minimum absolute atomic E-state index is 0.586. The minimum atomic E-state index is 0.586. The van der Waals surface area contributed by atoms with E-state index in [0.29, 0.717) is 30.5 Å². The summed E-state index contributed by atoms with van der Waals surface area (Å²) in [6.45, 7) is 4.42. The molecule has 2 aromatic heterocycles. The van der Waals surface area contributed by atoms with Crippen LogP contribution < -0.4 is 16.6 Å². The van der Waals surface area contributed by atoms with Gasteiger partial charge in [0.05, 0.1) is 0 Å². The molecule has 0 bridgehead atoms. The van der Waals surface area contributed by atoms with Crippen LogP contribution in [0.1, 0.15) is 24.5 Å². The molecule has 0 aromatic carbocycles. The number of rotatable bonds is 6. The molecule has 2 rings (SSSR count). The SMILES string of the molecule is CCc1nc(NN)cc(NCCc2nc(C)no2)n1. The van der Waals surface area contributed by atoms with Gasteiger partial charge in [-0.1, -0.05) is 12.1 Å². The van der Waals surface area contributed by atoms with Crippen LogP contribution in [-0.4, -0.2) is 26.7 Å². The third-order valence-electron chi connectivity index (χ3n) is 2.45. The largest absolute Gasteiger partial charge is 0.369 e. The van der Waals surface area contributed by atoms with Crippen LogP contribution in [0.25, 0.3) is 0 Å². The van der Waals surface area contributed by atoms with E-state index in [0.717, 1.165) is 18.1 Å². The summed E-state index contributed by atoms with van der Waals surface area (Å²) in [6, 6.07) is 1.75. The minimum Gasteiger partial charge on any atom is -0.369 e. The Labute approximate surface area is 110 Å². The molecular formula is C11H17N7O. The predicted molar refractivity (Wildman–Crippen MR) is 70.4 cm³/mol. The van der Waals surface area contributed by atoms with Gasteiger partial charge in [0.2, 0.25) is 5.89 Å². The maximum atomic E-state index is 5.36. The summed E-state index contributed by atoms with van der Waals surface area (Å²) < 4.78 is 5.03. The average Bonchev–Trinajstić information content (AvgIpc) is 2.84. The molecule has 2 aromatic rings. The molecule has 0 amide bonds. The summed E-state index contributed by atoms with van der Waals surface area (Å²) in [7, 11) is 0. The zero-order chi connectivity index (χ0) is 13.7. The monoisotopic (exact) mass is 263 g/mol. The quantitative estimate of drug-likeness (QED) is 0.514. The van der Waals surface area contributed by atoms with Crippen molar-refractivity contribution in [2.24, 2.45) is 5.84 Å². The van der Waals surface area contributed by atoms with Gasteiger partial charge in [0, 0.05) is 25.5 Å². The van der Waals surface area contributed by atoms with Crippen LogP contribution in [0, 0.1) is 6.92 Å². The van der Waals surface area contributed by atoms with Crippen molar-refractivity contribution < 1.29 is 4.52 Å². The second kappa shape index (κ2) is 6.10. The maximum absolute atomic E-state index is 5.36. The van der Waals surface area contributed by atoms with Gasteiger partial charge in [-0.15, -0.1) is 0 Å². The van der Waals surface area contributed by atoms with Gasteiger partial charge in [0.25, 0.3) is 0 Å². The first-order valence-corrected chi connectivity index (χ1v) is 6.09. The van der Waals surface area contributed by atoms with Gasteiger partial charge in [-0.2, -0.15) is 4.98 Å². The molecule has 0 radical (unpaired) electrons. The fourth-order valence-electron chi connectivity index (χ4n) is 1.56. The molecule has 8 nitrogen and oxygen atoms in total. The fourth-order valence-corrected chi connectivity index (χ4v) is 1.56. The van der Waals surface area contributed by atoms with Crippen molar-refractivity contribution in [1.82, 2.24) is 20.1 Å². The van der Waals surface area contributed by atoms with E-state index in [4.69, 9.17) is 10.4 Å². The van der Waals surface area contributed by atoms with Crippen LogP contribution in [0.4, 0.5) is 11.6 Å². The molecular weight excluding hydrogens is 246 g/mol. The van der Waals surface area contributed by atoms with E-state index in [1.807, 2.05) is 6.92 Å². The maximum Gasteiger partial charge on any atom is 0.228 e. The highest BCUT2D eigenvalue weighted by Crippen LogP contribution is 2.10. The van der Waals surface area contributed by atoms with E-state index in [2.05, 4.69) is 30.9 Å². The van der Waals surface area contributed by atoms with Crippen LogP contribution in [0.15, 0.2) is 10.6 Å². The first-order chi connectivity index (χ1) is 9.21. The molecule has 0 aliphatic carbocycles. The highest BCUT2D eigenvalue weighted by atomic mass is 16.5. The van der Waals surface area contributed by atoms with Gasteiger partial charge in [-0.05, 0) is 6.92 Å². The second-order valence-corrected chi connectivity index (χ2v) is 3.96. The van der Waals surface area contributed by atoms with Crippen molar-refractivity contribution in [2.75, 3.05) is 17.3 Å². The molecule has 0 aliphatic heterocycles. The van der Waals surface area contributed by atoms with E-state index in [-0.39, 0.29) is 0 Å². The summed E-state index contributed by atoms with van der Waals surface area (Å²) in [5.41, 5.74) is 2.52. The van der Waals surface area contributed by atoms with Crippen LogP contribution >= 0.6 is 0 Å². The first-order valence-electron chi connectivity index (χ1n) is 6.09. The number of hydrogen-bond donors (Lipinski definition) is 3. The number of nitrogens with two attached hydrogens (primary N) is 1. The van der Waals surface area contributed by atoms with Crippen LogP contribution in [0.5, 0.6) is 0 Å². The Morgan fingerprint density at radius 1 is 1.26 bits per heavy atom. The molecule has 4 N–H and O–H groups in total. The number of aromatic nitrogens is 4. The lowest BCUT2D eigenvalue weighted by Gasteiger charge is -2.07. The van der Waals surface area contributed by atoms with Crippen molar-refractivity contribution in [3.8, 4) is 0 Å². The van der Waals surface area contributed by atoms with Crippen LogP contribution in [0.2, 0.25) is 0 Å². The van der Waals surface area contributed by atoms with E-state index in [9.17, 15) is 0 Å². The van der Waals surface area contributed by atoms with Crippen LogP contribution in [0.3, 0.4) is 0 Å². The number of aryl methyl sites for hydroxylation is 2. The molecule has 0 saturated heterocycles. The van der Waals surface area contributed by atoms with Gasteiger partial charge in [0.15, 0.2) is 5.82 Å². The van der Waals surface area contributed by atoms with Crippen molar-refractivity contribution in [3.63, 3.8) is 0 Å². The fraction of sp³-hybridized carbons (Fsp3) is 0.455. The van der Waals surface area contributed by atoms with Crippen LogP contribution in [-0.2, 0) is 12.8 Å². The molecule has 0 aliphatic rings. The average molecular weight is 263 g/mol. The lowest BCUT2D eigenvalue weighted by molar-refractivity contribution is 0.377. The van der Waals surface area contributed by atoms with Crippen molar-refractivity contribution >= 4 is 11.6 Å². The van der Waals surface area contributed by atoms with Gasteiger partial charge in [-0.3, -0.25) is 0 Å². The highest BCUT2D eigenvalue weighted by molar-refractivity contribution is 5.46. The molecule has 0 spiro atoms. The number of nitrogen functional groups attached to an aromatic ring is 1. The number of nitrogens with one attached hydrogen (secondary N) is 2. The smallest absolute Gasteiger partial charge is 0.228 e. The standard InChI is InChI=1S/C11H17N7O/c1-3-8-15-9(6-10(16-8)17-12)13-5-4-11-14-7(2)18-19-11/h6H,3-5,12H2,1-2H3,(H2,13,15,16,17). The number of hydrazine groups is 1. The van der Waals surface area contributed by atoms with Gasteiger partial charge >= 0.3 is 0 Å². The molecule has 19 heavy (non-hydrogen) atoms. The zero-order valence-electron chi connectivity index (χ0n) is 11.0. The Bertz CT molecular complexity index is 517. The van der Waals surface area contributed by atoms with Crippen molar-refractivity contribution in [3.05, 3.63) is 23.6 Å². The molecule has 2 heterocycles. The Kier molecular flexibility index (Phi) is 4.24. The van der Waals surface area contributed by atoms with Gasteiger partial charge in [0.1, 0.15) is 17.5 Å². The van der Waals surface area contributed by atoms with E-state index in [1.165, 1.54) is 0 Å². The Morgan fingerprint density at radius 3 is 2.68 bits per heavy atom. The van der Waals surface area contributed by atoms with Crippen molar-refractivity contribution in [2.45, 2.75) is 26.7 Å². The molecule has 0 atom stereocenters. The Morgan fingerprint density at radius 2 is 2.05 bits per heavy atom. The zero-order valence-corrected chi connectivity index (χ0v) is 11.0. The molecule has 0 unspecified atom stereocenters. The van der Waals surface area contributed by atoms with Gasteiger partial charge < -0.3 is 15.3 Å². The summed E-state index contributed by atoms with van der Waals surface area (Å²) >= 11 is 0. The molecule has 8 heteroatoms. The van der Waals surface area contributed by atoms with Crippen molar-refractivity contribution in [1.29, 1.82) is 0 Å². The normalized spacial score (nSPS) is 10.5. The number of nitrogens with zero attached hydrogens (tertiary/aromatic N) is 4. The van der Waals surface area contributed by atoms with E-state index < -0.39 is 0 Å². The number of hydrogen-bond acceptors (Lipinski definition) is 8. The van der Waals surface area contributed by atoms with Gasteiger partial charge in [-0.25, -0.2) is 15.8 Å². The predicted octanol–water partition coefficient (Wildman–Crippen LogP) is 0.671.